The molecule has 1 aromatic heterocycles. The van der Waals surface area contributed by atoms with Crippen molar-refractivity contribution in [3.63, 3.8) is 0 Å². The molecule has 0 saturated carbocycles. The average molecular weight is 452 g/mol. The Morgan fingerprint density at radius 1 is 1.25 bits per heavy atom. The number of halogens is 1. The van der Waals surface area contributed by atoms with E-state index in [0.29, 0.717) is 36.0 Å². The number of hydrogen-bond acceptors (Lipinski definition) is 4. The van der Waals surface area contributed by atoms with Crippen LogP contribution in [0.4, 0.5) is 0 Å². The molecule has 0 unspecified atom stereocenters. The van der Waals surface area contributed by atoms with Gasteiger partial charge >= 0.3 is 0 Å². The van der Waals surface area contributed by atoms with Crippen LogP contribution < -0.4 is 4.74 Å². The Bertz CT molecular complexity index is 1090. The minimum atomic E-state index is -0.353. The lowest BCUT2D eigenvalue weighted by atomic mass is 9.89. The number of para-hydroxylation sites is 1. The molecule has 3 aromatic rings. The number of nitrogens with zero attached hydrogens (tertiary/aromatic N) is 3. The standard InChI is InChI=1S/C25H26ClN3O3/c26-22-7-1-2-8-23(22)32-21-14-25(31-16-21)9-4-11-29(17-25)24(30)20-6-3-5-19(13-20)15-28-12-10-27-18-28/h1-3,5-8,10,12-13,18,21H,4,9,11,14-17H2/t21-,25+/m1/s1. The van der Waals surface area contributed by atoms with Gasteiger partial charge in [0.05, 0.1) is 30.1 Å². The second-order valence-corrected chi connectivity index (χ2v) is 9.04. The molecule has 3 heterocycles. The molecule has 6 nitrogen and oxygen atoms in total. The first-order chi connectivity index (χ1) is 15.6. The maximum absolute atomic E-state index is 13.3. The lowest BCUT2D eigenvalue weighted by Crippen LogP contribution is -2.50. The number of ether oxygens (including phenoxy) is 2. The summed E-state index contributed by atoms with van der Waals surface area (Å²) in [5.41, 5.74) is 1.43. The molecule has 2 saturated heterocycles. The van der Waals surface area contributed by atoms with Crippen molar-refractivity contribution in [1.29, 1.82) is 0 Å². The topological polar surface area (TPSA) is 56.6 Å². The van der Waals surface area contributed by atoms with Gasteiger partial charge in [-0.05, 0) is 42.7 Å². The molecule has 0 bridgehead atoms. The number of aromatic nitrogens is 2. The fourth-order valence-corrected chi connectivity index (χ4v) is 4.91. The highest BCUT2D eigenvalue weighted by molar-refractivity contribution is 6.32. The highest BCUT2D eigenvalue weighted by atomic mass is 35.5. The largest absolute Gasteiger partial charge is 0.486 e. The van der Waals surface area contributed by atoms with Gasteiger partial charge in [-0.1, -0.05) is 35.9 Å². The zero-order valence-corrected chi connectivity index (χ0v) is 18.6. The molecule has 2 fully saturated rings. The van der Waals surface area contributed by atoms with E-state index in [9.17, 15) is 4.79 Å². The van der Waals surface area contributed by atoms with Gasteiger partial charge in [0.2, 0.25) is 0 Å². The van der Waals surface area contributed by atoms with Crippen molar-refractivity contribution in [3.8, 4) is 5.75 Å². The van der Waals surface area contributed by atoms with E-state index in [1.165, 1.54) is 0 Å². The van der Waals surface area contributed by atoms with E-state index in [0.717, 1.165) is 31.4 Å². The average Bonchev–Trinajstić information content (AvgIpc) is 3.45. The highest BCUT2D eigenvalue weighted by Crippen LogP contribution is 2.37. The van der Waals surface area contributed by atoms with Crippen LogP contribution in [0, 0.1) is 0 Å². The summed E-state index contributed by atoms with van der Waals surface area (Å²) in [6, 6.07) is 15.3. The van der Waals surface area contributed by atoms with E-state index < -0.39 is 0 Å². The number of piperidine rings is 1. The van der Waals surface area contributed by atoms with Crippen LogP contribution in [0.5, 0.6) is 5.75 Å². The van der Waals surface area contributed by atoms with Crippen LogP contribution in [0.2, 0.25) is 5.02 Å². The first kappa shape index (κ1) is 21.0. The van der Waals surface area contributed by atoms with Crippen LogP contribution >= 0.6 is 11.6 Å². The molecule has 2 aliphatic heterocycles. The van der Waals surface area contributed by atoms with Gasteiger partial charge in [0, 0.05) is 37.5 Å². The molecule has 7 heteroatoms. The fraction of sp³-hybridized carbons (Fsp3) is 0.360. The molecule has 2 atom stereocenters. The fourth-order valence-electron chi connectivity index (χ4n) is 4.73. The number of carbonyl (C=O) groups excluding carboxylic acids is 1. The minimum absolute atomic E-state index is 0.0515. The Labute approximate surface area is 192 Å². The van der Waals surface area contributed by atoms with Crippen molar-refractivity contribution in [2.45, 2.75) is 37.5 Å². The van der Waals surface area contributed by atoms with Crippen LogP contribution in [-0.2, 0) is 11.3 Å². The van der Waals surface area contributed by atoms with E-state index in [-0.39, 0.29) is 17.6 Å². The van der Waals surface area contributed by atoms with Crippen LogP contribution in [-0.4, -0.2) is 51.8 Å². The Kier molecular flexibility index (Phi) is 5.89. The van der Waals surface area contributed by atoms with Crippen LogP contribution in [0.15, 0.2) is 67.3 Å². The van der Waals surface area contributed by atoms with Crippen molar-refractivity contribution in [1.82, 2.24) is 14.5 Å². The van der Waals surface area contributed by atoms with Crippen molar-refractivity contribution in [3.05, 3.63) is 83.4 Å². The summed E-state index contributed by atoms with van der Waals surface area (Å²) in [4.78, 5) is 19.3. The second-order valence-electron chi connectivity index (χ2n) is 8.63. The predicted octanol–water partition coefficient (Wildman–Crippen LogP) is 4.43. The van der Waals surface area contributed by atoms with Crippen molar-refractivity contribution in [2.75, 3.05) is 19.7 Å². The smallest absolute Gasteiger partial charge is 0.253 e. The summed E-state index contributed by atoms with van der Waals surface area (Å²) in [5.74, 6) is 0.730. The zero-order chi connectivity index (χ0) is 22.0. The molecule has 2 aliphatic rings. The second kappa shape index (κ2) is 8.96. The van der Waals surface area contributed by atoms with Gasteiger partial charge in [0.1, 0.15) is 11.9 Å². The lowest BCUT2D eigenvalue weighted by Gasteiger charge is -2.39. The number of carbonyl (C=O) groups is 1. The summed E-state index contributed by atoms with van der Waals surface area (Å²) < 4.78 is 14.3. The third kappa shape index (κ3) is 4.52. The summed E-state index contributed by atoms with van der Waals surface area (Å²) in [5, 5.41) is 0.601. The quantitative estimate of drug-likeness (QED) is 0.576. The predicted molar refractivity (Wildman–Crippen MR) is 122 cm³/mol. The summed E-state index contributed by atoms with van der Waals surface area (Å²) >= 11 is 6.25. The maximum Gasteiger partial charge on any atom is 0.253 e. The van der Waals surface area contributed by atoms with Gasteiger partial charge in [-0.15, -0.1) is 0 Å². The third-order valence-electron chi connectivity index (χ3n) is 6.23. The molecule has 0 N–H and O–H groups in total. The van der Waals surface area contributed by atoms with Gasteiger partial charge in [-0.3, -0.25) is 4.79 Å². The number of imidazole rings is 1. The van der Waals surface area contributed by atoms with Gasteiger partial charge < -0.3 is 18.9 Å². The molecule has 0 aliphatic carbocycles. The van der Waals surface area contributed by atoms with Gasteiger partial charge in [-0.25, -0.2) is 4.98 Å². The molecular weight excluding hydrogens is 426 g/mol. The Morgan fingerprint density at radius 3 is 3.00 bits per heavy atom. The molecule has 166 valence electrons. The molecule has 32 heavy (non-hydrogen) atoms. The van der Waals surface area contributed by atoms with E-state index in [4.69, 9.17) is 21.1 Å². The minimum Gasteiger partial charge on any atom is -0.486 e. The number of benzene rings is 2. The highest BCUT2D eigenvalue weighted by Gasteiger charge is 2.45. The maximum atomic E-state index is 13.3. The lowest BCUT2D eigenvalue weighted by molar-refractivity contribution is -0.0453. The first-order valence-electron chi connectivity index (χ1n) is 11.0. The SMILES string of the molecule is O=C(c1cccc(Cn2ccnc2)c1)N1CCC[C@]2(C[C@@H](Oc3ccccc3Cl)CO2)C1. The third-order valence-corrected chi connectivity index (χ3v) is 6.54. The Hall–Kier alpha value is -2.83. The number of amides is 1. The monoisotopic (exact) mass is 451 g/mol. The molecule has 1 amide bonds. The summed E-state index contributed by atoms with van der Waals surface area (Å²) in [6.45, 7) is 2.52. The van der Waals surface area contributed by atoms with Crippen LogP contribution in [0.3, 0.4) is 0 Å². The Morgan fingerprint density at radius 2 is 2.16 bits per heavy atom. The summed E-state index contributed by atoms with van der Waals surface area (Å²) in [6.07, 6.45) is 7.99. The molecular formula is C25H26ClN3O3. The van der Waals surface area contributed by atoms with Crippen molar-refractivity contribution < 1.29 is 14.3 Å². The van der Waals surface area contributed by atoms with Gasteiger partial charge in [0.15, 0.2) is 0 Å². The summed E-state index contributed by atoms with van der Waals surface area (Å²) in [7, 11) is 0. The Balaban J connectivity index is 1.25. The van der Waals surface area contributed by atoms with E-state index >= 15 is 0 Å². The van der Waals surface area contributed by atoms with Crippen molar-refractivity contribution in [2.24, 2.45) is 0 Å². The molecule has 2 aromatic carbocycles. The number of likely N-dealkylation sites (tertiary alicyclic amines) is 1. The molecule has 0 radical (unpaired) electrons. The molecule has 5 rings (SSSR count). The van der Waals surface area contributed by atoms with Gasteiger partial charge in [0.25, 0.3) is 5.91 Å². The van der Waals surface area contributed by atoms with E-state index in [2.05, 4.69) is 4.98 Å². The first-order valence-corrected chi connectivity index (χ1v) is 11.4. The van der Waals surface area contributed by atoms with E-state index in [1.54, 1.807) is 12.5 Å². The molecule has 1 spiro atoms. The normalized spacial score (nSPS) is 22.9. The van der Waals surface area contributed by atoms with E-state index in [1.807, 2.05) is 64.2 Å². The number of rotatable bonds is 5. The van der Waals surface area contributed by atoms with Gasteiger partial charge in [-0.2, -0.15) is 0 Å². The number of hydrogen-bond donors (Lipinski definition) is 0. The van der Waals surface area contributed by atoms with Crippen LogP contribution in [0.25, 0.3) is 0 Å². The van der Waals surface area contributed by atoms with Crippen molar-refractivity contribution >= 4 is 17.5 Å². The van der Waals surface area contributed by atoms with Crippen LogP contribution in [0.1, 0.15) is 35.2 Å². The zero-order valence-electron chi connectivity index (χ0n) is 17.8.